The number of benzene rings is 1. The van der Waals surface area contributed by atoms with Crippen LogP contribution in [-0.4, -0.2) is 24.8 Å². The maximum absolute atomic E-state index is 9.29. The van der Waals surface area contributed by atoms with Gasteiger partial charge >= 0.3 is 0 Å². The number of nitrogens with zero attached hydrogens (tertiary/aromatic N) is 1. The predicted molar refractivity (Wildman–Crippen MR) is 84.6 cm³/mol. The van der Waals surface area contributed by atoms with Crippen LogP contribution in [0.25, 0.3) is 0 Å². The van der Waals surface area contributed by atoms with Gasteiger partial charge in [0.1, 0.15) is 5.54 Å². The summed E-state index contributed by atoms with van der Waals surface area (Å²) in [5.74, 6) is 1.53. The van der Waals surface area contributed by atoms with Gasteiger partial charge in [-0.1, -0.05) is 12.1 Å². The fraction of sp³-hybridized carbons (Fsp3) is 0.588. The molecule has 0 aliphatic heterocycles. The van der Waals surface area contributed by atoms with E-state index < -0.39 is 5.54 Å². The third-order valence-corrected chi connectivity index (χ3v) is 3.08. The molecule has 0 amide bonds. The quantitative estimate of drug-likeness (QED) is 0.707. The first-order valence-corrected chi connectivity index (χ1v) is 7.54. The van der Waals surface area contributed by atoms with Crippen molar-refractivity contribution >= 4 is 0 Å². The van der Waals surface area contributed by atoms with Crippen molar-refractivity contribution in [2.45, 2.75) is 52.1 Å². The topological polar surface area (TPSA) is 54.3 Å². The lowest BCUT2D eigenvalue weighted by Gasteiger charge is -2.25. The zero-order chi connectivity index (χ0) is 15.7. The maximum atomic E-state index is 9.29. The number of ether oxygens (including phenoxy) is 2. The second-order valence-electron chi connectivity index (χ2n) is 5.57. The molecule has 0 aromatic heterocycles. The highest BCUT2D eigenvalue weighted by Gasteiger charge is 2.23. The fourth-order valence-corrected chi connectivity index (χ4v) is 2.25. The molecule has 0 saturated heterocycles. The van der Waals surface area contributed by atoms with Crippen molar-refractivity contribution < 1.29 is 9.47 Å². The Labute approximate surface area is 128 Å². The molecule has 0 aliphatic carbocycles. The van der Waals surface area contributed by atoms with Crippen molar-refractivity contribution in [2.24, 2.45) is 0 Å². The van der Waals surface area contributed by atoms with Crippen molar-refractivity contribution in [3.05, 3.63) is 24.3 Å². The van der Waals surface area contributed by atoms with Crippen molar-refractivity contribution in [3.8, 4) is 17.6 Å². The number of hydrogen-bond donors (Lipinski definition) is 1. The molecule has 0 fully saturated rings. The van der Waals surface area contributed by atoms with Gasteiger partial charge in [-0.2, -0.15) is 5.26 Å². The van der Waals surface area contributed by atoms with Gasteiger partial charge in [0.25, 0.3) is 0 Å². The lowest BCUT2D eigenvalue weighted by atomic mass is 9.97. The first kappa shape index (κ1) is 17.3. The molecule has 0 bridgehead atoms. The smallest absolute Gasteiger partial charge is 0.161 e. The summed E-state index contributed by atoms with van der Waals surface area (Å²) in [6, 6.07) is 10.3. The molecule has 116 valence electrons. The van der Waals surface area contributed by atoms with Crippen LogP contribution in [0.15, 0.2) is 24.3 Å². The van der Waals surface area contributed by atoms with Crippen LogP contribution in [0.1, 0.15) is 40.5 Å². The Morgan fingerprint density at radius 2 is 1.86 bits per heavy atom. The summed E-state index contributed by atoms with van der Waals surface area (Å²) in [6.45, 7) is 9.16. The average molecular weight is 290 g/mol. The molecule has 1 aromatic rings. The zero-order valence-electron chi connectivity index (χ0n) is 13.5. The van der Waals surface area contributed by atoms with Crippen molar-refractivity contribution in [2.75, 3.05) is 13.2 Å². The van der Waals surface area contributed by atoms with E-state index in [0.717, 1.165) is 24.3 Å². The highest BCUT2D eigenvalue weighted by Crippen LogP contribution is 2.26. The molecule has 0 saturated carbocycles. The third-order valence-electron chi connectivity index (χ3n) is 3.08. The lowest BCUT2D eigenvalue weighted by molar-refractivity contribution is 0.258. The van der Waals surface area contributed by atoms with Gasteiger partial charge in [0.05, 0.1) is 19.3 Å². The molecular formula is C17H26N2O2. The molecule has 1 aromatic carbocycles. The summed E-state index contributed by atoms with van der Waals surface area (Å²) >= 11 is 0. The number of hydrogen-bond acceptors (Lipinski definition) is 4. The van der Waals surface area contributed by atoms with E-state index in [2.05, 4.69) is 11.4 Å². The van der Waals surface area contributed by atoms with E-state index in [4.69, 9.17) is 9.47 Å². The molecule has 0 spiro atoms. The van der Waals surface area contributed by atoms with E-state index in [-0.39, 0.29) is 6.04 Å². The highest BCUT2D eigenvalue weighted by molar-refractivity contribution is 5.39. The van der Waals surface area contributed by atoms with E-state index in [1.807, 2.05) is 52.0 Å². The van der Waals surface area contributed by atoms with E-state index in [1.54, 1.807) is 0 Å². The molecule has 4 nitrogen and oxygen atoms in total. The largest absolute Gasteiger partial charge is 0.490 e. The minimum absolute atomic E-state index is 0.286. The van der Waals surface area contributed by atoms with Gasteiger partial charge in [-0.3, -0.25) is 5.32 Å². The van der Waals surface area contributed by atoms with Gasteiger partial charge in [0.2, 0.25) is 0 Å². The van der Waals surface area contributed by atoms with Crippen molar-refractivity contribution in [1.29, 1.82) is 5.26 Å². The monoisotopic (exact) mass is 290 g/mol. The highest BCUT2D eigenvalue weighted by atomic mass is 16.5. The predicted octanol–water partition coefficient (Wildman–Crippen LogP) is 3.52. The fourth-order valence-electron chi connectivity index (χ4n) is 2.25. The Morgan fingerprint density at radius 1 is 1.24 bits per heavy atom. The summed E-state index contributed by atoms with van der Waals surface area (Å²) in [7, 11) is 0. The molecule has 1 N–H and O–H groups in total. The number of nitrogens with one attached hydrogen (secondary N) is 1. The summed E-state index contributed by atoms with van der Waals surface area (Å²) in [6.07, 6.45) is 1.56. The maximum Gasteiger partial charge on any atom is 0.161 e. The SMILES string of the molecule is CCOc1ccccc1OCCCC(C)(C#N)NC(C)C. The minimum atomic E-state index is -0.503. The van der Waals surface area contributed by atoms with Crippen LogP contribution in [0.5, 0.6) is 11.5 Å². The van der Waals surface area contributed by atoms with Crippen LogP contribution < -0.4 is 14.8 Å². The van der Waals surface area contributed by atoms with Gasteiger partial charge in [-0.15, -0.1) is 0 Å². The second kappa shape index (κ2) is 8.53. The average Bonchev–Trinajstić information content (AvgIpc) is 2.45. The van der Waals surface area contributed by atoms with E-state index >= 15 is 0 Å². The third kappa shape index (κ3) is 6.05. The van der Waals surface area contributed by atoms with Crippen LogP contribution in [0.4, 0.5) is 0 Å². The van der Waals surface area contributed by atoms with E-state index in [9.17, 15) is 5.26 Å². The first-order valence-electron chi connectivity index (χ1n) is 7.54. The molecule has 1 rings (SSSR count). The van der Waals surface area contributed by atoms with Gasteiger partial charge < -0.3 is 9.47 Å². The van der Waals surface area contributed by atoms with E-state index in [1.165, 1.54) is 0 Å². The molecule has 21 heavy (non-hydrogen) atoms. The Morgan fingerprint density at radius 3 is 2.38 bits per heavy atom. The number of rotatable bonds is 9. The van der Waals surface area contributed by atoms with Gasteiger partial charge in [0.15, 0.2) is 11.5 Å². The van der Waals surface area contributed by atoms with Crippen molar-refractivity contribution in [1.82, 2.24) is 5.32 Å². The normalized spacial score (nSPS) is 13.5. The molecule has 4 heteroatoms. The Balaban J connectivity index is 2.45. The molecule has 0 heterocycles. The molecule has 0 aliphatic rings. The summed E-state index contributed by atoms with van der Waals surface area (Å²) in [5, 5.41) is 12.6. The van der Waals surface area contributed by atoms with Crippen LogP contribution in [0.2, 0.25) is 0 Å². The number of nitriles is 1. The standard InChI is InChI=1S/C17H26N2O2/c1-5-20-15-9-6-7-10-16(15)21-12-8-11-17(4,13-18)19-14(2)3/h6-7,9-10,14,19H,5,8,11-12H2,1-4H3. The van der Waals surface area contributed by atoms with Crippen LogP contribution in [-0.2, 0) is 0 Å². The molecule has 1 atom stereocenters. The van der Waals surface area contributed by atoms with Gasteiger partial charge in [-0.05, 0) is 52.7 Å². The zero-order valence-corrected chi connectivity index (χ0v) is 13.5. The summed E-state index contributed by atoms with van der Waals surface area (Å²) in [5.41, 5.74) is -0.503. The van der Waals surface area contributed by atoms with Gasteiger partial charge in [0, 0.05) is 6.04 Å². The van der Waals surface area contributed by atoms with Crippen LogP contribution in [0.3, 0.4) is 0 Å². The van der Waals surface area contributed by atoms with Crippen LogP contribution in [0, 0.1) is 11.3 Å². The Bertz CT molecular complexity index is 468. The van der Waals surface area contributed by atoms with Crippen LogP contribution >= 0.6 is 0 Å². The Kier molecular flexibility index (Phi) is 7.04. The molecule has 0 radical (unpaired) electrons. The molecular weight excluding hydrogens is 264 g/mol. The first-order chi connectivity index (χ1) is 10.0. The lowest BCUT2D eigenvalue weighted by Crippen LogP contribution is -2.45. The Hall–Kier alpha value is -1.73. The van der Waals surface area contributed by atoms with Crippen molar-refractivity contribution in [3.63, 3.8) is 0 Å². The summed E-state index contributed by atoms with van der Waals surface area (Å²) in [4.78, 5) is 0. The number of para-hydroxylation sites is 2. The van der Waals surface area contributed by atoms with E-state index in [0.29, 0.717) is 13.2 Å². The molecule has 1 unspecified atom stereocenters. The summed E-state index contributed by atoms with van der Waals surface area (Å²) < 4.78 is 11.3. The second-order valence-corrected chi connectivity index (χ2v) is 5.57. The minimum Gasteiger partial charge on any atom is -0.490 e. The van der Waals surface area contributed by atoms with Gasteiger partial charge in [-0.25, -0.2) is 0 Å².